The summed E-state index contributed by atoms with van der Waals surface area (Å²) < 4.78 is 16.7. The summed E-state index contributed by atoms with van der Waals surface area (Å²) in [5, 5.41) is 5.08. The Morgan fingerprint density at radius 3 is 3.00 bits per heavy atom. The van der Waals surface area contributed by atoms with E-state index >= 15 is 0 Å². The first-order valence-corrected chi connectivity index (χ1v) is 11.4. The molecule has 2 fully saturated rings. The molecule has 0 radical (unpaired) electrons. The number of likely N-dealkylation sites (tertiary alicyclic amines) is 1. The van der Waals surface area contributed by atoms with Crippen molar-refractivity contribution in [1.82, 2.24) is 20.0 Å². The lowest BCUT2D eigenvalue weighted by molar-refractivity contribution is 0.0211. The van der Waals surface area contributed by atoms with Crippen molar-refractivity contribution in [3.05, 3.63) is 53.8 Å². The Kier molecular flexibility index (Phi) is 6.41. The lowest BCUT2D eigenvalue weighted by Crippen LogP contribution is -2.28. The highest BCUT2D eigenvalue weighted by Gasteiger charge is 2.31. The van der Waals surface area contributed by atoms with Crippen LogP contribution in [0.1, 0.15) is 47.3 Å². The first-order valence-electron chi connectivity index (χ1n) is 11.4. The number of pyridine rings is 1. The normalized spacial score (nSPS) is 19.6. The number of ether oxygens (including phenoxy) is 2. The summed E-state index contributed by atoms with van der Waals surface area (Å²) in [6.07, 6.45) is 5.35. The van der Waals surface area contributed by atoms with Gasteiger partial charge in [-0.05, 0) is 49.4 Å². The van der Waals surface area contributed by atoms with Crippen molar-refractivity contribution >= 4 is 16.8 Å². The standard InChI is InChI=1S/C24H28N4O4/c29-24(19-3-4-21-18(14-19)2-1-9-25-21)28-10-5-20(15-28)23-26-22(27-32-23)8-13-31-16-17-6-11-30-12-7-17/h1-4,9,14,17,20H,5-8,10-13,15-16H2. The van der Waals surface area contributed by atoms with Crippen LogP contribution in [0.5, 0.6) is 0 Å². The van der Waals surface area contributed by atoms with Crippen molar-refractivity contribution in [3.8, 4) is 0 Å². The van der Waals surface area contributed by atoms with Crippen molar-refractivity contribution in [2.75, 3.05) is 39.5 Å². The molecule has 2 aliphatic rings. The Morgan fingerprint density at radius 1 is 1.19 bits per heavy atom. The average Bonchev–Trinajstić information content (AvgIpc) is 3.52. The van der Waals surface area contributed by atoms with Crippen molar-refractivity contribution in [1.29, 1.82) is 0 Å². The molecule has 0 spiro atoms. The van der Waals surface area contributed by atoms with Crippen molar-refractivity contribution in [2.24, 2.45) is 5.92 Å². The maximum atomic E-state index is 13.0. The fourth-order valence-corrected chi connectivity index (χ4v) is 4.40. The Bertz CT molecular complexity index is 1060. The molecule has 3 aromatic rings. The summed E-state index contributed by atoms with van der Waals surface area (Å²) in [6.45, 7) is 4.29. The second kappa shape index (κ2) is 9.75. The molecule has 2 saturated heterocycles. The number of hydrogen-bond donors (Lipinski definition) is 0. The van der Waals surface area contributed by atoms with E-state index in [0.29, 0.717) is 49.3 Å². The maximum absolute atomic E-state index is 13.0. The number of benzene rings is 1. The van der Waals surface area contributed by atoms with Crippen LogP contribution >= 0.6 is 0 Å². The molecule has 168 valence electrons. The number of nitrogens with zero attached hydrogens (tertiary/aromatic N) is 4. The summed E-state index contributed by atoms with van der Waals surface area (Å²) in [6, 6.07) is 9.49. The molecule has 8 nitrogen and oxygen atoms in total. The molecule has 0 saturated carbocycles. The van der Waals surface area contributed by atoms with Gasteiger partial charge in [0.1, 0.15) is 0 Å². The van der Waals surface area contributed by atoms with E-state index in [0.717, 1.165) is 50.0 Å². The van der Waals surface area contributed by atoms with E-state index in [1.54, 1.807) is 6.20 Å². The number of carbonyl (C=O) groups excluding carboxylic acids is 1. The molecule has 0 bridgehead atoms. The second-order valence-electron chi connectivity index (χ2n) is 8.58. The summed E-state index contributed by atoms with van der Waals surface area (Å²) >= 11 is 0. The topological polar surface area (TPSA) is 90.6 Å². The smallest absolute Gasteiger partial charge is 0.253 e. The first-order chi connectivity index (χ1) is 15.8. The largest absolute Gasteiger partial charge is 0.381 e. The van der Waals surface area contributed by atoms with Crippen LogP contribution in [0.15, 0.2) is 41.1 Å². The zero-order valence-electron chi connectivity index (χ0n) is 18.1. The van der Waals surface area contributed by atoms with Crippen molar-refractivity contribution < 1.29 is 18.8 Å². The van der Waals surface area contributed by atoms with Gasteiger partial charge in [0.2, 0.25) is 5.89 Å². The molecule has 1 amide bonds. The van der Waals surface area contributed by atoms with E-state index in [-0.39, 0.29) is 11.8 Å². The third-order valence-corrected chi connectivity index (χ3v) is 6.32. The lowest BCUT2D eigenvalue weighted by Gasteiger charge is -2.21. The molecule has 1 aromatic carbocycles. The number of hydrogen-bond acceptors (Lipinski definition) is 7. The molecule has 1 atom stereocenters. The molecule has 2 aliphatic heterocycles. The van der Waals surface area contributed by atoms with Gasteiger partial charge in [-0.15, -0.1) is 0 Å². The lowest BCUT2D eigenvalue weighted by atomic mass is 10.0. The van der Waals surface area contributed by atoms with Crippen molar-refractivity contribution in [2.45, 2.75) is 31.6 Å². The van der Waals surface area contributed by atoms with Crippen LogP contribution in [0.4, 0.5) is 0 Å². The summed E-state index contributed by atoms with van der Waals surface area (Å²) in [7, 11) is 0. The second-order valence-corrected chi connectivity index (χ2v) is 8.58. The van der Waals surface area contributed by atoms with Gasteiger partial charge in [0.15, 0.2) is 5.82 Å². The quantitative estimate of drug-likeness (QED) is 0.525. The third kappa shape index (κ3) is 4.81. The number of carbonyl (C=O) groups is 1. The third-order valence-electron chi connectivity index (χ3n) is 6.32. The highest BCUT2D eigenvalue weighted by molar-refractivity contribution is 5.98. The minimum Gasteiger partial charge on any atom is -0.381 e. The number of aromatic nitrogens is 3. The van der Waals surface area contributed by atoms with Crippen LogP contribution in [0.2, 0.25) is 0 Å². The van der Waals surface area contributed by atoms with Crippen LogP contribution in [0, 0.1) is 5.92 Å². The van der Waals surface area contributed by atoms with Crippen LogP contribution in [0.3, 0.4) is 0 Å². The van der Waals surface area contributed by atoms with Gasteiger partial charge in [-0.3, -0.25) is 9.78 Å². The summed E-state index contributed by atoms with van der Waals surface area (Å²) in [5.74, 6) is 1.97. The number of amides is 1. The van der Waals surface area contributed by atoms with Gasteiger partial charge >= 0.3 is 0 Å². The fourth-order valence-electron chi connectivity index (χ4n) is 4.40. The monoisotopic (exact) mass is 436 g/mol. The van der Waals surface area contributed by atoms with Crippen LogP contribution in [-0.2, 0) is 15.9 Å². The van der Waals surface area contributed by atoms with Gasteiger partial charge in [-0.1, -0.05) is 11.2 Å². The molecule has 2 aromatic heterocycles. The maximum Gasteiger partial charge on any atom is 0.253 e. The molecule has 8 heteroatoms. The predicted molar refractivity (Wildman–Crippen MR) is 117 cm³/mol. The molecular formula is C24H28N4O4. The van der Waals surface area contributed by atoms with Gasteiger partial charge in [0.25, 0.3) is 5.91 Å². The molecular weight excluding hydrogens is 408 g/mol. The Hall–Kier alpha value is -2.84. The molecule has 32 heavy (non-hydrogen) atoms. The minimum atomic E-state index is 0.0273. The van der Waals surface area contributed by atoms with Gasteiger partial charge in [0.05, 0.1) is 18.0 Å². The van der Waals surface area contributed by atoms with E-state index in [1.165, 1.54) is 0 Å². The Morgan fingerprint density at radius 2 is 2.09 bits per heavy atom. The zero-order chi connectivity index (χ0) is 21.8. The van der Waals surface area contributed by atoms with E-state index in [9.17, 15) is 4.79 Å². The van der Waals surface area contributed by atoms with Gasteiger partial charge in [0, 0.05) is 56.5 Å². The van der Waals surface area contributed by atoms with Gasteiger partial charge in [-0.25, -0.2) is 0 Å². The minimum absolute atomic E-state index is 0.0273. The Labute approximate surface area is 186 Å². The molecule has 5 rings (SSSR count). The van der Waals surface area contributed by atoms with E-state index in [4.69, 9.17) is 14.0 Å². The highest BCUT2D eigenvalue weighted by atomic mass is 16.5. The van der Waals surface area contributed by atoms with Crippen molar-refractivity contribution in [3.63, 3.8) is 0 Å². The summed E-state index contributed by atoms with van der Waals surface area (Å²) in [5.41, 5.74) is 1.57. The first kappa shape index (κ1) is 21.0. The molecule has 4 heterocycles. The Balaban J connectivity index is 1.12. The van der Waals surface area contributed by atoms with E-state index < -0.39 is 0 Å². The van der Waals surface area contributed by atoms with E-state index in [1.807, 2.05) is 35.2 Å². The molecule has 1 unspecified atom stereocenters. The average molecular weight is 437 g/mol. The summed E-state index contributed by atoms with van der Waals surface area (Å²) in [4.78, 5) is 23.7. The number of fused-ring (bicyclic) bond motifs is 1. The van der Waals surface area contributed by atoms with E-state index in [2.05, 4.69) is 15.1 Å². The fraction of sp³-hybridized carbons (Fsp3) is 0.500. The highest BCUT2D eigenvalue weighted by Crippen LogP contribution is 2.27. The molecule has 0 N–H and O–H groups in total. The SMILES string of the molecule is O=C(c1ccc2ncccc2c1)N1CCC(c2nc(CCOCC3CCOCC3)no2)C1. The van der Waals surface area contributed by atoms with Crippen LogP contribution in [-0.4, -0.2) is 65.4 Å². The van der Waals surface area contributed by atoms with Crippen LogP contribution < -0.4 is 0 Å². The predicted octanol–water partition coefficient (Wildman–Crippen LogP) is 3.23. The van der Waals surface area contributed by atoms with Gasteiger partial charge in [-0.2, -0.15) is 4.98 Å². The number of rotatable bonds is 7. The molecule has 0 aliphatic carbocycles. The zero-order valence-corrected chi connectivity index (χ0v) is 18.1. The van der Waals surface area contributed by atoms with Gasteiger partial charge < -0.3 is 18.9 Å². The van der Waals surface area contributed by atoms with Crippen LogP contribution in [0.25, 0.3) is 10.9 Å².